The Morgan fingerprint density at radius 1 is 1.12 bits per heavy atom. The molecule has 1 heterocycles. The van der Waals surface area contributed by atoms with Crippen molar-refractivity contribution in [1.29, 1.82) is 0 Å². The standard InChI is InChI=1S/C19H29N3O4/c1-19(2,9-4-14-23)20-18(25)22-12-10-21(11-13-22)17(24)15-5-7-16(26-3)8-6-15/h5-8,23H,4,9-14H2,1-3H3,(H,20,25). The third-order valence-electron chi connectivity index (χ3n) is 4.60. The number of carbonyl (C=O) groups is 2. The fourth-order valence-corrected chi connectivity index (χ4v) is 2.98. The summed E-state index contributed by atoms with van der Waals surface area (Å²) in [6.07, 6.45) is 1.36. The monoisotopic (exact) mass is 363 g/mol. The summed E-state index contributed by atoms with van der Waals surface area (Å²) >= 11 is 0. The summed E-state index contributed by atoms with van der Waals surface area (Å²) in [5.41, 5.74) is 0.254. The first kappa shape index (κ1) is 20.0. The van der Waals surface area contributed by atoms with E-state index in [-0.39, 0.29) is 24.1 Å². The Bertz CT molecular complexity index is 608. The highest BCUT2D eigenvalue weighted by atomic mass is 16.5. The normalized spacial score (nSPS) is 14.9. The average Bonchev–Trinajstić information content (AvgIpc) is 2.65. The van der Waals surface area contributed by atoms with Crippen LogP contribution in [-0.2, 0) is 0 Å². The van der Waals surface area contributed by atoms with Gasteiger partial charge in [-0.1, -0.05) is 0 Å². The summed E-state index contributed by atoms with van der Waals surface area (Å²) in [6.45, 7) is 6.04. The Kier molecular flexibility index (Phi) is 6.85. The molecule has 144 valence electrons. The van der Waals surface area contributed by atoms with E-state index in [2.05, 4.69) is 5.32 Å². The van der Waals surface area contributed by atoms with E-state index in [9.17, 15) is 9.59 Å². The van der Waals surface area contributed by atoms with Gasteiger partial charge in [0.15, 0.2) is 0 Å². The molecule has 0 bridgehead atoms. The second kappa shape index (κ2) is 8.89. The minimum absolute atomic E-state index is 0.0315. The van der Waals surface area contributed by atoms with Gasteiger partial charge in [-0.25, -0.2) is 4.79 Å². The molecule has 0 aliphatic carbocycles. The van der Waals surface area contributed by atoms with Crippen molar-refractivity contribution in [2.24, 2.45) is 0 Å². The summed E-state index contributed by atoms with van der Waals surface area (Å²) in [6, 6.07) is 6.93. The highest BCUT2D eigenvalue weighted by Gasteiger charge is 2.28. The van der Waals surface area contributed by atoms with Crippen LogP contribution in [0.2, 0.25) is 0 Å². The van der Waals surface area contributed by atoms with Crippen LogP contribution in [0.25, 0.3) is 0 Å². The van der Waals surface area contributed by atoms with Gasteiger partial charge in [0.2, 0.25) is 0 Å². The van der Waals surface area contributed by atoms with E-state index in [0.717, 1.165) is 0 Å². The molecular formula is C19H29N3O4. The van der Waals surface area contributed by atoms with Crippen molar-refractivity contribution in [3.63, 3.8) is 0 Å². The van der Waals surface area contributed by atoms with E-state index in [1.165, 1.54) is 0 Å². The number of piperazine rings is 1. The smallest absolute Gasteiger partial charge is 0.317 e. The molecular weight excluding hydrogens is 334 g/mol. The zero-order chi connectivity index (χ0) is 19.2. The van der Waals surface area contributed by atoms with Crippen LogP contribution in [0.15, 0.2) is 24.3 Å². The lowest BCUT2D eigenvalue weighted by Gasteiger charge is -2.37. The van der Waals surface area contributed by atoms with Crippen LogP contribution < -0.4 is 10.1 Å². The molecule has 1 aliphatic rings. The summed E-state index contributed by atoms with van der Waals surface area (Å²) in [5.74, 6) is 0.683. The summed E-state index contributed by atoms with van der Waals surface area (Å²) in [7, 11) is 1.59. The second-order valence-corrected chi connectivity index (χ2v) is 7.15. The van der Waals surface area contributed by atoms with E-state index in [1.54, 1.807) is 41.2 Å². The number of hydrogen-bond acceptors (Lipinski definition) is 4. The van der Waals surface area contributed by atoms with Crippen molar-refractivity contribution in [3.8, 4) is 5.75 Å². The predicted molar refractivity (Wildman–Crippen MR) is 99.4 cm³/mol. The van der Waals surface area contributed by atoms with Crippen molar-refractivity contribution in [2.75, 3.05) is 39.9 Å². The average molecular weight is 363 g/mol. The molecule has 0 atom stereocenters. The molecule has 3 amide bonds. The Morgan fingerprint density at radius 3 is 2.23 bits per heavy atom. The van der Waals surface area contributed by atoms with Crippen molar-refractivity contribution >= 4 is 11.9 Å². The van der Waals surface area contributed by atoms with Crippen LogP contribution in [0.5, 0.6) is 5.75 Å². The molecule has 0 unspecified atom stereocenters. The van der Waals surface area contributed by atoms with Crippen LogP contribution in [0.4, 0.5) is 4.79 Å². The molecule has 26 heavy (non-hydrogen) atoms. The number of rotatable bonds is 6. The van der Waals surface area contributed by atoms with Gasteiger partial charge in [-0.15, -0.1) is 0 Å². The molecule has 7 heteroatoms. The zero-order valence-electron chi connectivity index (χ0n) is 15.8. The Balaban J connectivity index is 1.85. The fourth-order valence-electron chi connectivity index (χ4n) is 2.98. The number of methoxy groups -OCH3 is 1. The number of amides is 3. The minimum Gasteiger partial charge on any atom is -0.497 e. The predicted octanol–water partition coefficient (Wildman–Crippen LogP) is 1.71. The van der Waals surface area contributed by atoms with Gasteiger partial charge in [0, 0.05) is 43.9 Å². The third-order valence-corrected chi connectivity index (χ3v) is 4.60. The quantitative estimate of drug-likeness (QED) is 0.806. The molecule has 1 fully saturated rings. The molecule has 0 aromatic heterocycles. The van der Waals surface area contributed by atoms with Crippen LogP contribution in [0.1, 0.15) is 37.0 Å². The van der Waals surface area contributed by atoms with E-state index in [0.29, 0.717) is 50.3 Å². The first-order chi connectivity index (χ1) is 12.4. The molecule has 2 rings (SSSR count). The molecule has 0 spiro atoms. The molecule has 0 saturated carbocycles. The summed E-state index contributed by atoms with van der Waals surface area (Å²) in [5, 5.41) is 12.0. The SMILES string of the molecule is COc1ccc(C(=O)N2CCN(C(=O)NC(C)(C)CCCO)CC2)cc1. The molecule has 1 saturated heterocycles. The lowest BCUT2D eigenvalue weighted by molar-refractivity contribution is 0.0660. The first-order valence-electron chi connectivity index (χ1n) is 8.97. The van der Waals surface area contributed by atoms with Gasteiger partial charge in [0.05, 0.1) is 7.11 Å². The van der Waals surface area contributed by atoms with E-state index < -0.39 is 0 Å². The number of hydrogen-bond donors (Lipinski definition) is 2. The van der Waals surface area contributed by atoms with Crippen LogP contribution in [-0.4, -0.2) is 72.3 Å². The molecule has 2 N–H and O–H groups in total. The topological polar surface area (TPSA) is 82.1 Å². The van der Waals surface area contributed by atoms with E-state index in [4.69, 9.17) is 9.84 Å². The maximum Gasteiger partial charge on any atom is 0.317 e. The number of aliphatic hydroxyl groups excluding tert-OH is 1. The third kappa shape index (κ3) is 5.36. The fraction of sp³-hybridized carbons (Fsp3) is 0.579. The number of nitrogens with zero attached hydrogens (tertiary/aromatic N) is 2. The zero-order valence-corrected chi connectivity index (χ0v) is 15.8. The number of ether oxygens (including phenoxy) is 1. The molecule has 1 aromatic carbocycles. The number of aliphatic hydroxyl groups is 1. The van der Waals surface area contributed by atoms with Crippen LogP contribution in [0.3, 0.4) is 0 Å². The van der Waals surface area contributed by atoms with Crippen LogP contribution in [0, 0.1) is 0 Å². The maximum absolute atomic E-state index is 12.6. The van der Waals surface area contributed by atoms with Crippen molar-refractivity contribution in [2.45, 2.75) is 32.2 Å². The lowest BCUT2D eigenvalue weighted by Crippen LogP contribution is -2.56. The highest BCUT2D eigenvalue weighted by Crippen LogP contribution is 2.15. The number of benzene rings is 1. The molecule has 1 aromatic rings. The number of urea groups is 1. The van der Waals surface area contributed by atoms with E-state index in [1.807, 2.05) is 13.8 Å². The van der Waals surface area contributed by atoms with Gasteiger partial charge in [0.1, 0.15) is 5.75 Å². The van der Waals surface area contributed by atoms with Gasteiger partial charge in [-0.2, -0.15) is 0 Å². The highest BCUT2D eigenvalue weighted by molar-refractivity contribution is 5.94. The van der Waals surface area contributed by atoms with Crippen LogP contribution >= 0.6 is 0 Å². The van der Waals surface area contributed by atoms with Crippen molar-refractivity contribution in [3.05, 3.63) is 29.8 Å². The number of carbonyl (C=O) groups excluding carboxylic acids is 2. The van der Waals surface area contributed by atoms with Gasteiger partial charge in [-0.3, -0.25) is 4.79 Å². The number of nitrogens with one attached hydrogen (secondary N) is 1. The van der Waals surface area contributed by atoms with Crippen molar-refractivity contribution in [1.82, 2.24) is 15.1 Å². The summed E-state index contributed by atoms with van der Waals surface area (Å²) < 4.78 is 5.11. The molecule has 1 aliphatic heterocycles. The summed E-state index contributed by atoms with van der Waals surface area (Å²) in [4.78, 5) is 28.5. The van der Waals surface area contributed by atoms with Gasteiger partial charge >= 0.3 is 6.03 Å². The molecule has 0 radical (unpaired) electrons. The second-order valence-electron chi connectivity index (χ2n) is 7.15. The van der Waals surface area contributed by atoms with Crippen molar-refractivity contribution < 1.29 is 19.4 Å². The Hall–Kier alpha value is -2.28. The van der Waals surface area contributed by atoms with Gasteiger partial charge < -0.3 is 25.0 Å². The van der Waals surface area contributed by atoms with E-state index >= 15 is 0 Å². The minimum atomic E-state index is -0.365. The lowest BCUT2D eigenvalue weighted by atomic mass is 9.99. The Morgan fingerprint density at radius 2 is 1.69 bits per heavy atom. The molecule has 7 nitrogen and oxygen atoms in total. The first-order valence-corrected chi connectivity index (χ1v) is 8.97. The van der Waals surface area contributed by atoms with Gasteiger partial charge in [0.25, 0.3) is 5.91 Å². The van der Waals surface area contributed by atoms with Gasteiger partial charge in [-0.05, 0) is 51.0 Å². The largest absolute Gasteiger partial charge is 0.497 e. The Labute approximate surface area is 154 Å². The maximum atomic E-state index is 12.6.